The zero-order valence-electron chi connectivity index (χ0n) is 12.5. The molecular weight excluding hydrogens is 284 g/mol. The van der Waals surface area contributed by atoms with Gasteiger partial charge in [-0.1, -0.05) is 44.2 Å². The average Bonchev–Trinajstić information content (AvgIpc) is 2.94. The van der Waals surface area contributed by atoms with Crippen molar-refractivity contribution in [1.29, 1.82) is 0 Å². The lowest BCUT2D eigenvalue weighted by molar-refractivity contribution is -0.389. The maximum absolute atomic E-state index is 12.2. The molecule has 0 aliphatic rings. The molecule has 1 amide bonds. The average molecular weight is 302 g/mol. The van der Waals surface area contributed by atoms with Crippen LogP contribution < -0.4 is 5.32 Å². The first-order chi connectivity index (χ1) is 10.5. The maximum atomic E-state index is 12.2. The Morgan fingerprint density at radius 2 is 2.05 bits per heavy atom. The summed E-state index contributed by atoms with van der Waals surface area (Å²) in [5.74, 6) is -0.255. The van der Waals surface area contributed by atoms with Crippen LogP contribution in [0.2, 0.25) is 0 Å². The fourth-order valence-electron chi connectivity index (χ4n) is 2.21. The molecule has 1 aromatic heterocycles. The van der Waals surface area contributed by atoms with E-state index in [2.05, 4.69) is 10.3 Å². The zero-order chi connectivity index (χ0) is 16.1. The molecule has 0 saturated carbocycles. The lowest BCUT2D eigenvalue weighted by atomic mass is 9.96. The summed E-state index contributed by atoms with van der Waals surface area (Å²) in [6.07, 6.45) is 2.52. The van der Waals surface area contributed by atoms with E-state index in [0.717, 1.165) is 5.56 Å². The second kappa shape index (κ2) is 6.84. The Bertz CT molecular complexity index is 652. The van der Waals surface area contributed by atoms with Crippen molar-refractivity contribution in [3.8, 4) is 0 Å². The number of amides is 1. The number of carbonyl (C=O) groups excluding carboxylic acids is 1. The third-order valence-electron chi connectivity index (χ3n) is 3.27. The summed E-state index contributed by atoms with van der Waals surface area (Å²) in [7, 11) is 0. The van der Waals surface area contributed by atoms with E-state index in [1.165, 1.54) is 17.1 Å². The van der Waals surface area contributed by atoms with Crippen LogP contribution in [0, 0.1) is 16.0 Å². The standard InChI is InChI=1S/C15H18N4O3/c1-11(2)15(12-6-4-3-5-7-12)17-14(20)9-18-8-13(16-10-18)19(21)22/h3-8,10-11,15H,9H2,1-2H3,(H,17,20). The summed E-state index contributed by atoms with van der Waals surface area (Å²) < 4.78 is 1.40. The molecule has 1 heterocycles. The van der Waals surface area contributed by atoms with Gasteiger partial charge in [0.2, 0.25) is 12.2 Å². The quantitative estimate of drug-likeness (QED) is 0.655. The first kappa shape index (κ1) is 15.7. The highest BCUT2D eigenvalue weighted by Crippen LogP contribution is 2.21. The number of rotatable bonds is 6. The Hall–Kier alpha value is -2.70. The van der Waals surface area contributed by atoms with Crippen molar-refractivity contribution in [3.05, 3.63) is 58.5 Å². The minimum Gasteiger partial charge on any atom is -0.358 e. The Morgan fingerprint density at radius 3 is 2.59 bits per heavy atom. The highest BCUT2D eigenvalue weighted by molar-refractivity contribution is 5.76. The van der Waals surface area contributed by atoms with E-state index in [0.29, 0.717) is 0 Å². The Morgan fingerprint density at radius 1 is 1.36 bits per heavy atom. The molecule has 0 radical (unpaired) electrons. The van der Waals surface area contributed by atoms with Gasteiger partial charge in [-0.05, 0) is 21.4 Å². The van der Waals surface area contributed by atoms with E-state index in [1.54, 1.807) is 0 Å². The number of aromatic nitrogens is 2. The van der Waals surface area contributed by atoms with Gasteiger partial charge in [0.25, 0.3) is 0 Å². The number of nitrogens with zero attached hydrogens (tertiary/aromatic N) is 3. The summed E-state index contributed by atoms with van der Waals surface area (Å²) in [6, 6.07) is 9.60. The van der Waals surface area contributed by atoms with Crippen molar-refractivity contribution in [2.45, 2.75) is 26.4 Å². The van der Waals surface area contributed by atoms with Crippen LogP contribution in [0.4, 0.5) is 5.82 Å². The number of nitrogens with one attached hydrogen (secondary N) is 1. The molecule has 22 heavy (non-hydrogen) atoms. The topological polar surface area (TPSA) is 90.1 Å². The lowest BCUT2D eigenvalue weighted by Gasteiger charge is -2.23. The van der Waals surface area contributed by atoms with Gasteiger partial charge in [-0.3, -0.25) is 4.79 Å². The van der Waals surface area contributed by atoms with Crippen LogP contribution >= 0.6 is 0 Å². The summed E-state index contributed by atoms with van der Waals surface area (Å²) in [5, 5.41) is 13.5. The second-order valence-corrected chi connectivity index (χ2v) is 5.36. The third kappa shape index (κ3) is 3.91. The molecule has 1 atom stereocenters. The molecule has 7 heteroatoms. The van der Waals surface area contributed by atoms with E-state index in [4.69, 9.17) is 0 Å². The highest BCUT2D eigenvalue weighted by Gasteiger charge is 2.19. The normalized spacial score (nSPS) is 12.1. The van der Waals surface area contributed by atoms with E-state index in [9.17, 15) is 14.9 Å². The Balaban J connectivity index is 2.03. The van der Waals surface area contributed by atoms with Crippen LogP contribution in [0.1, 0.15) is 25.5 Å². The fraction of sp³-hybridized carbons (Fsp3) is 0.333. The number of hydrogen-bond donors (Lipinski definition) is 1. The minimum atomic E-state index is -0.588. The van der Waals surface area contributed by atoms with Gasteiger partial charge in [0, 0.05) is 0 Å². The molecule has 0 bridgehead atoms. The largest absolute Gasteiger partial charge is 0.381 e. The van der Waals surface area contributed by atoms with Crippen LogP contribution in [-0.4, -0.2) is 20.4 Å². The van der Waals surface area contributed by atoms with Gasteiger partial charge in [-0.25, -0.2) is 0 Å². The molecule has 0 aliphatic heterocycles. The molecule has 0 saturated heterocycles. The molecule has 1 aromatic carbocycles. The van der Waals surface area contributed by atoms with E-state index < -0.39 is 4.92 Å². The van der Waals surface area contributed by atoms with Gasteiger partial charge in [-0.15, -0.1) is 0 Å². The van der Waals surface area contributed by atoms with Crippen LogP contribution in [0.5, 0.6) is 0 Å². The van der Waals surface area contributed by atoms with Gasteiger partial charge in [0.05, 0.1) is 6.04 Å². The second-order valence-electron chi connectivity index (χ2n) is 5.36. The van der Waals surface area contributed by atoms with Crippen molar-refractivity contribution in [3.63, 3.8) is 0 Å². The van der Waals surface area contributed by atoms with Gasteiger partial charge in [-0.2, -0.15) is 0 Å². The van der Waals surface area contributed by atoms with Crippen molar-refractivity contribution in [1.82, 2.24) is 14.9 Å². The molecule has 0 fully saturated rings. The van der Waals surface area contributed by atoms with Gasteiger partial charge in [0.15, 0.2) is 0 Å². The van der Waals surface area contributed by atoms with Gasteiger partial charge in [0.1, 0.15) is 12.7 Å². The maximum Gasteiger partial charge on any atom is 0.381 e. The van der Waals surface area contributed by atoms with E-state index in [1.807, 2.05) is 44.2 Å². The number of hydrogen-bond acceptors (Lipinski definition) is 4. The molecule has 0 aliphatic carbocycles. The summed E-state index contributed by atoms with van der Waals surface area (Å²) in [6.45, 7) is 4.05. The molecule has 7 nitrogen and oxygen atoms in total. The molecule has 0 spiro atoms. The lowest BCUT2D eigenvalue weighted by Crippen LogP contribution is -2.34. The first-order valence-electron chi connectivity index (χ1n) is 6.98. The first-order valence-corrected chi connectivity index (χ1v) is 6.98. The van der Waals surface area contributed by atoms with E-state index >= 15 is 0 Å². The van der Waals surface area contributed by atoms with Crippen molar-refractivity contribution < 1.29 is 9.72 Å². The summed E-state index contributed by atoms with van der Waals surface area (Å²) >= 11 is 0. The molecule has 116 valence electrons. The van der Waals surface area contributed by atoms with Gasteiger partial charge < -0.3 is 20.0 Å². The molecule has 1 N–H and O–H groups in total. The zero-order valence-corrected chi connectivity index (χ0v) is 12.5. The number of imidazole rings is 1. The Kier molecular flexibility index (Phi) is 4.88. The summed E-state index contributed by atoms with van der Waals surface area (Å²) in [5.41, 5.74) is 1.03. The molecule has 1 unspecified atom stereocenters. The molecule has 2 aromatic rings. The fourth-order valence-corrected chi connectivity index (χ4v) is 2.21. The molecule has 2 rings (SSSR count). The summed E-state index contributed by atoms with van der Waals surface area (Å²) in [4.78, 5) is 25.8. The van der Waals surface area contributed by atoms with Crippen LogP contribution in [0.15, 0.2) is 42.9 Å². The smallest absolute Gasteiger partial charge is 0.358 e. The number of benzene rings is 1. The number of carbonyl (C=O) groups is 1. The monoisotopic (exact) mass is 302 g/mol. The third-order valence-corrected chi connectivity index (χ3v) is 3.27. The van der Waals surface area contributed by atoms with Crippen LogP contribution in [-0.2, 0) is 11.3 Å². The van der Waals surface area contributed by atoms with Crippen LogP contribution in [0.25, 0.3) is 0 Å². The minimum absolute atomic E-state index is 0.00308. The predicted molar refractivity (Wildman–Crippen MR) is 81.0 cm³/mol. The van der Waals surface area contributed by atoms with Crippen molar-refractivity contribution >= 4 is 11.7 Å². The van der Waals surface area contributed by atoms with Gasteiger partial charge >= 0.3 is 5.82 Å². The Labute approximate surface area is 128 Å². The van der Waals surface area contributed by atoms with Crippen LogP contribution in [0.3, 0.4) is 0 Å². The van der Waals surface area contributed by atoms with Crippen molar-refractivity contribution in [2.24, 2.45) is 5.92 Å². The predicted octanol–water partition coefficient (Wildman–Crippen LogP) is 2.30. The van der Waals surface area contributed by atoms with Crippen molar-refractivity contribution in [2.75, 3.05) is 0 Å². The number of nitro groups is 1. The SMILES string of the molecule is CC(C)C(NC(=O)Cn1cnc([N+](=O)[O-])c1)c1ccccc1. The van der Waals surface area contributed by atoms with E-state index in [-0.39, 0.29) is 30.2 Å². The molecular formula is C15H18N4O3. The highest BCUT2D eigenvalue weighted by atomic mass is 16.6.